The summed E-state index contributed by atoms with van der Waals surface area (Å²) in [4.78, 5) is 30.1. The fraction of sp³-hybridized carbons (Fsp3) is 0.375. The summed E-state index contributed by atoms with van der Waals surface area (Å²) in [6.45, 7) is 2.68. The minimum Gasteiger partial charge on any atom is -0.361 e. The first-order valence-electron chi connectivity index (χ1n) is 7.13. The highest BCUT2D eigenvalue weighted by Gasteiger charge is 2.27. The molecule has 0 atom stereocenters. The van der Waals surface area contributed by atoms with Crippen molar-refractivity contribution in [3.05, 3.63) is 35.5 Å². The highest BCUT2D eigenvalue weighted by atomic mass is 16.2. The van der Waals surface area contributed by atoms with E-state index in [9.17, 15) is 9.59 Å². The van der Waals surface area contributed by atoms with Crippen LogP contribution in [-0.4, -0.2) is 46.9 Å². The third-order valence-corrected chi connectivity index (χ3v) is 4.02. The number of benzene rings is 1. The molecule has 0 spiro atoms. The second-order valence-corrected chi connectivity index (χ2v) is 5.69. The molecule has 1 aliphatic rings. The minimum absolute atomic E-state index is 0.00562. The number of nitrogens with zero attached hydrogens (tertiary/aromatic N) is 2. The smallest absolute Gasteiger partial charge is 0.243 e. The van der Waals surface area contributed by atoms with Gasteiger partial charge in [0.2, 0.25) is 11.8 Å². The Hall–Kier alpha value is -2.30. The second-order valence-electron chi connectivity index (χ2n) is 5.69. The molecule has 0 bridgehead atoms. The van der Waals surface area contributed by atoms with E-state index in [1.807, 2.05) is 6.20 Å². The van der Waals surface area contributed by atoms with E-state index < -0.39 is 0 Å². The topological polar surface area (TPSA) is 56.4 Å². The summed E-state index contributed by atoms with van der Waals surface area (Å²) in [5.74, 6) is 0.0424. The highest BCUT2D eigenvalue weighted by Crippen LogP contribution is 2.21. The summed E-state index contributed by atoms with van der Waals surface area (Å²) in [5.41, 5.74) is 3.46. The Morgan fingerprint density at radius 3 is 2.90 bits per heavy atom. The lowest BCUT2D eigenvalue weighted by Crippen LogP contribution is -2.30. The number of H-pyrrole nitrogens is 1. The third kappa shape index (κ3) is 2.63. The lowest BCUT2D eigenvalue weighted by Gasteiger charge is -2.14. The number of amides is 2. The Morgan fingerprint density at radius 1 is 1.38 bits per heavy atom. The number of aromatic nitrogens is 1. The normalized spacial score (nSPS) is 15.2. The number of aromatic amines is 1. The number of fused-ring (bicyclic) bond motifs is 1. The Labute approximate surface area is 123 Å². The van der Waals surface area contributed by atoms with Crippen LogP contribution in [0.25, 0.3) is 10.9 Å². The van der Waals surface area contributed by atoms with Crippen molar-refractivity contribution >= 4 is 22.7 Å². The SMILES string of the molecule is Cc1ccc2[nH]cc(CCC(=O)N3CC(=O)N(C)C3)c2c1. The maximum absolute atomic E-state index is 12.2. The first kappa shape index (κ1) is 13.7. The predicted octanol–water partition coefficient (Wildman–Crippen LogP) is 1.67. The lowest BCUT2D eigenvalue weighted by atomic mass is 10.1. The van der Waals surface area contributed by atoms with Gasteiger partial charge in [0.25, 0.3) is 0 Å². The van der Waals surface area contributed by atoms with E-state index in [0.29, 0.717) is 19.5 Å². The monoisotopic (exact) mass is 285 g/mol. The summed E-state index contributed by atoms with van der Waals surface area (Å²) < 4.78 is 0. The molecule has 1 aromatic heterocycles. The Bertz CT molecular complexity index is 705. The standard InChI is InChI=1S/C16H19N3O2/c1-11-3-5-14-13(7-11)12(8-17-14)4-6-15(20)19-9-16(21)18(2)10-19/h3,5,7-8,17H,4,6,9-10H2,1-2H3. The number of rotatable bonds is 3. The van der Waals surface area contributed by atoms with Crippen LogP contribution < -0.4 is 0 Å². The van der Waals surface area contributed by atoms with Crippen molar-refractivity contribution in [2.45, 2.75) is 19.8 Å². The van der Waals surface area contributed by atoms with Crippen molar-refractivity contribution in [1.29, 1.82) is 0 Å². The summed E-state index contributed by atoms with van der Waals surface area (Å²) in [6.07, 6.45) is 3.09. The summed E-state index contributed by atoms with van der Waals surface area (Å²) in [7, 11) is 1.72. The zero-order valence-corrected chi connectivity index (χ0v) is 12.3. The molecule has 1 N–H and O–H groups in total. The Morgan fingerprint density at radius 2 is 2.19 bits per heavy atom. The van der Waals surface area contributed by atoms with E-state index in [4.69, 9.17) is 0 Å². The minimum atomic E-state index is 0.00562. The van der Waals surface area contributed by atoms with Gasteiger partial charge in [-0.15, -0.1) is 0 Å². The van der Waals surface area contributed by atoms with Crippen molar-refractivity contribution in [1.82, 2.24) is 14.8 Å². The lowest BCUT2D eigenvalue weighted by molar-refractivity contribution is -0.131. The molecule has 3 rings (SSSR count). The first-order chi connectivity index (χ1) is 10.0. The number of carbonyl (C=O) groups is 2. The molecule has 0 aliphatic carbocycles. The molecule has 5 nitrogen and oxygen atoms in total. The molecule has 0 unspecified atom stereocenters. The van der Waals surface area contributed by atoms with Gasteiger partial charge in [-0.3, -0.25) is 9.59 Å². The van der Waals surface area contributed by atoms with Gasteiger partial charge >= 0.3 is 0 Å². The van der Waals surface area contributed by atoms with Gasteiger partial charge in [-0.1, -0.05) is 11.6 Å². The molecule has 1 fully saturated rings. The summed E-state index contributed by atoms with van der Waals surface area (Å²) >= 11 is 0. The Kier molecular flexibility index (Phi) is 3.41. The van der Waals surface area contributed by atoms with Crippen molar-refractivity contribution in [3.63, 3.8) is 0 Å². The summed E-state index contributed by atoms with van der Waals surface area (Å²) in [5, 5.41) is 1.18. The molecule has 2 aromatic rings. The molecule has 1 aromatic carbocycles. The molecular formula is C16H19N3O2. The fourth-order valence-electron chi connectivity index (χ4n) is 2.73. The van der Waals surface area contributed by atoms with Gasteiger partial charge < -0.3 is 14.8 Å². The molecule has 0 saturated carbocycles. The van der Waals surface area contributed by atoms with Crippen molar-refractivity contribution in [3.8, 4) is 0 Å². The van der Waals surface area contributed by atoms with Crippen molar-refractivity contribution in [2.24, 2.45) is 0 Å². The van der Waals surface area contributed by atoms with Gasteiger partial charge in [0.15, 0.2) is 0 Å². The Balaban J connectivity index is 1.68. The van der Waals surface area contributed by atoms with Crippen LogP contribution in [0.4, 0.5) is 0 Å². The maximum atomic E-state index is 12.2. The fourth-order valence-corrected chi connectivity index (χ4v) is 2.73. The van der Waals surface area contributed by atoms with Gasteiger partial charge in [-0.25, -0.2) is 0 Å². The predicted molar refractivity (Wildman–Crippen MR) is 80.7 cm³/mol. The molecule has 2 amide bonds. The van der Waals surface area contributed by atoms with Crippen molar-refractivity contribution in [2.75, 3.05) is 20.3 Å². The quantitative estimate of drug-likeness (QED) is 0.932. The van der Waals surface area contributed by atoms with Crippen LogP contribution in [0.2, 0.25) is 0 Å². The molecule has 2 heterocycles. The first-order valence-corrected chi connectivity index (χ1v) is 7.13. The van der Waals surface area contributed by atoms with Crippen LogP contribution in [-0.2, 0) is 16.0 Å². The van der Waals surface area contributed by atoms with E-state index in [0.717, 1.165) is 11.1 Å². The van der Waals surface area contributed by atoms with E-state index in [-0.39, 0.29) is 18.4 Å². The third-order valence-electron chi connectivity index (χ3n) is 4.02. The highest BCUT2D eigenvalue weighted by molar-refractivity contribution is 5.88. The van der Waals surface area contributed by atoms with Gasteiger partial charge in [0, 0.05) is 30.6 Å². The van der Waals surface area contributed by atoms with Crippen LogP contribution in [0, 0.1) is 6.92 Å². The number of aryl methyl sites for hydroxylation is 2. The molecule has 5 heteroatoms. The largest absolute Gasteiger partial charge is 0.361 e. The van der Waals surface area contributed by atoms with Crippen LogP contribution in [0.3, 0.4) is 0 Å². The van der Waals surface area contributed by atoms with E-state index in [1.54, 1.807) is 16.8 Å². The number of likely N-dealkylation sites (N-methyl/N-ethyl adjacent to an activating group) is 1. The number of hydrogen-bond acceptors (Lipinski definition) is 2. The zero-order valence-electron chi connectivity index (χ0n) is 12.3. The molecule has 110 valence electrons. The maximum Gasteiger partial charge on any atom is 0.243 e. The van der Waals surface area contributed by atoms with Crippen LogP contribution in [0.15, 0.2) is 24.4 Å². The van der Waals surface area contributed by atoms with Gasteiger partial charge in [0.05, 0.1) is 6.67 Å². The van der Waals surface area contributed by atoms with Crippen LogP contribution in [0.5, 0.6) is 0 Å². The van der Waals surface area contributed by atoms with Crippen molar-refractivity contribution < 1.29 is 9.59 Å². The van der Waals surface area contributed by atoms with E-state index >= 15 is 0 Å². The second kappa shape index (κ2) is 5.24. The zero-order chi connectivity index (χ0) is 15.0. The number of hydrogen-bond donors (Lipinski definition) is 1. The number of carbonyl (C=O) groups excluding carboxylic acids is 2. The van der Waals surface area contributed by atoms with E-state index in [1.165, 1.54) is 10.9 Å². The van der Waals surface area contributed by atoms with Gasteiger partial charge in [-0.05, 0) is 31.0 Å². The molecule has 0 radical (unpaired) electrons. The van der Waals surface area contributed by atoms with E-state index in [2.05, 4.69) is 30.1 Å². The molecular weight excluding hydrogens is 266 g/mol. The van der Waals surface area contributed by atoms with Gasteiger partial charge in [0.1, 0.15) is 6.54 Å². The van der Waals surface area contributed by atoms with Crippen LogP contribution >= 0.6 is 0 Å². The average molecular weight is 285 g/mol. The molecule has 1 aliphatic heterocycles. The summed E-state index contributed by atoms with van der Waals surface area (Å²) in [6, 6.07) is 6.27. The molecule has 21 heavy (non-hydrogen) atoms. The number of nitrogens with one attached hydrogen (secondary N) is 1. The van der Waals surface area contributed by atoms with Crippen LogP contribution in [0.1, 0.15) is 17.5 Å². The molecule has 1 saturated heterocycles. The van der Waals surface area contributed by atoms with Gasteiger partial charge in [-0.2, -0.15) is 0 Å². The average Bonchev–Trinajstić information content (AvgIpc) is 3.00.